The summed E-state index contributed by atoms with van der Waals surface area (Å²) in [5, 5.41) is 9.11. The highest BCUT2D eigenvalue weighted by molar-refractivity contribution is 14.1. The lowest BCUT2D eigenvalue weighted by atomic mass is 10.3. The van der Waals surface area contributed by atoms with Gasteiger partial charge in [-0.15, -0.1) is 11.3 Å². The van der Waals surface area contributed by atoms with Crippen molar-refractivity contribution in [2.45, 2.75) is 17.7 Å². The monoisotopic (exact) mass is 409 g/mol. The van der Waals surface area contributed by atoms with Gasteiger partial charge in [-0.3, -0.25) is 4.72 Å². The first-order valence-corrected chi connectivity index (χ1v) is 8.79. The lowest BCUT2D eigenvalue weighted by Gasteiger charge is -2.05. The van der Waals surface area contributed by atoms with Crippen molar-refractivity contribution in [1.29, 1.82) is 0 Å². The number of rotatable bonds is 4. The number of hydrogen-bond acceptors (Lipinski definition) is 4. The molecule has 19 heavy (non-hydrogen) atoms. The number of thiophene rings is 1. The maximum atomic E-state index is 12.2. The van der Waals surface area contributed by atoms with Gasteiger partial charge in [-0.05, 0) is 65.4 Å². The molecule has 102 valence electrons. The van der Waals surface area contributed by atoms with E-state index in [0.29, 0.717) is 10.6 Å². The van der Waals surface area contributed by atoms with Crippen molar-refractivity contribution < 1.29 is 13.5 Å². The second kappa shape index (κ2) is 5.78. The fourth-order valence-electron chi connectivity index (χ4n) is 1.50. The summed E-state index contributed by atoms with van der Waals surface area (Å²) >= 11 is 3.24. The third-order valence-corrected chi connectivity index (χ3v) is 6.30. The molecule has 0 saturated carbocycles. The normalized spacial score (nSPS) is 11.5. The first-order valence-electron chi connectivity index (χ1n) is 5.41. The Balaban J connectivity index is 2.29. The van der Waals surface area contributed by atoms with Gasteiger partial charge in [0.1, 0.15) is 4.21 Å². The molecular formula is C12H12INO3S2. The van der Waals surface area contributed by atoms with Gasteiger partial charge in [0.05, 0.1) is 6.61 Å². The van der Waals surface area contributed by atoms with Crippen LogP contribution in [0.5, 0.6) is 0 Å². The van der Waals surface area contributed by atoms with Crippen LogP contribution in [0.1, 0.15) is 10.4 Å². The van der Waals surface area contributed by atoms with E-state index in [-0.39, 0.29) is 10.8 Å². The van der Waals surface area contributed by atoms with Gasteiger partial charge in [0.15, 0.2) is 0 Å². The quantitative estimate of drug-likeness (QED) is 0.764. The van der Waals surface area contributed by atoms with Gasteiger partial charge in [-0.1, -0.05) is 0 Å². The van der Waals surface area contributed by atoms with E-state index in [2.05, 4.69) is 27.3 Å². The zero-order chi connectivity index (χ0) is 14.0. The fourth-order valence-corrected chi connectivity index (χ4v) is 4.37. The van der Waals surface area contributed by atoms with Crippen LogP contribution in [-0.4, -0.2) is 13.5 Å². The lowest BCUT2D eigenvalue weighted by Crippen LogP contribution is -2.11. The molecule has 0 saturated heterocycles. The van der Waals surface area contributed by atoms with E-state index in [1.807, 2.05) is 12.1 Å². The number of sulfonamides is 1. The number of nitrogens with one attached hydrogen (secondary N) is 1. The summed E-state index contributed by atoms with van der Waals surface area (Å²) in [7, 11) is -3.58. The number of benzene rings is 1. The van der Waals surface area contributed by atoms with E-state index in [1.165, 1.54) is 0 Å². The molecule has 2 aromatic rings. The third-order valence-electron chi connectivity index (χ3n) is 2.50. The summed E-state index contributed by atoms with van der Waals surface area (Å²) in [6.45, 7) is 1.64. The van der Waals surface area contributed by atoms with Gasteiger partial charge in [-0.2, -0.15) is 0 Å². The predicted molar refractivity (Wildman–Crippen MR) is 84.9 cm³/mol. The standard InChI is InChI=1S/C12H12INO3S2/c1-8-6-12(18-11(8)7-15)19(16,17)14-10-4-2-9(13)3-5-10/h2-6,14-15H,7H2,1H3. The molecule has 0 aliphatic heterocycles. The third kappa shape index (κ3) is 3.47. The van der Waals surface area contributed by atoms with Crippen molar-refractivity contribution in [1.82, 2.24) is 0 Å². The first-order chi connectivity index (χ1) is 8.92. The van der Waals surface area contributed by atoms with E-state index >= 15 is 0 Å². The number of anilines is 1. The van der Waals surface area contributed by atoms with Crippen molar-refractivity contribution in [2.24, 2.45) is 0 Å². The molecule has 2 rings (SSSR count). The summed E-state index contributed by atoms with van der Waals surface area (Å²) in [5.41, 5.74) is 1.31. The van der Waals surface area contributed by atoms with Crippen molar-refractivity contribution in [2.75, 3.05) is 4.72 Å². The second-order valence-electron chi connectivity index (χ2n) is 3.94. The Morgan fingerprint density at radius 3 is 2.47 bits per heavy atom. The molecule has 2 N–H and O–H groups in total. The fraction of sp³-hybridized carbons (Fsp3) is 0.167. The Morgan fingerprint density at radius 1 is 1.32 bits per heavy atom. The average molecular weight is 409 g/mol. The topological polar surface area (TPSA) is 66.4 Å². The van der Waals surface area contributed by atoms with Crippen molar-refractivity contribution in [3.8, 4) is 0 Å². The Morgan fingerprint density at radius 2 is 1.95 bits per heavy atom. The Hall–Kier alpha value is -0.640. The molecule has 1 aromatic heterocycles. The van der Waals surface area contributed by atoms with Gasteiger partial charge in [0.25, 0.3) is 10.0 Å². The average Bonchev–Trinajstić information content (AvgIpc) is 2.74. The highest BCUT2D eigenvalue weighted by Crippen LogP contribution is 2.27. The van der Waals surface area contributed by atoms with Gasteiger partial charge in [-0.25, -0.2) is 8.42 Å². The molecular weight excluding hydrogens is 397 g/mol. The molecule has 0 atom stereocenters. The SMILES string of the molecule is Cc1cc(S(=O)(=O)Nc2ccc(I)cc2)sc1CO. The van der Waals surface area contributed by atoms with Crippen LogP contribution in [0.15, 0.2) is 34.5 Å². The Bertz CT molecular complexity index is 678. The zero-order valence-corrected chi connectivity index (χ0v) is 13.8. The second-order valence-corrected chi connectivity index (χ2v) is 8.23. The van der Waals surface area contributed by atoms with E-state index in [1.54, 1.807) is 25.1 Å². The molecule has 7 heteroatoms. The van der Waals surface area contributed by atoms with E-state index in [0.717, 1.165) is 20.5 Å². The van der Waals surface area contributed by atoms with Crippen LogP contribution in [0.4, 0.5) is 5.69 Å². The summed E-state index contributed by atoms with van der Waals surface area (Å²) in [5.74, 6) is 0. The number of aliphatic hydroxyl groups excluding tert-OH is 1. The maximum Gasteiger partial charge on any atom is 0.271 e. The largest absolute Gasteiger partial charge is 0.391 e. The number of halogens is 1. The number of aryl methyl sites for hydroxylation is 1. The van der Waals surface area contributed by atoms with Crippen LogP contribution in [0.2, 0.25) is 0 Å². The molecule has 0 radical (unpaired) electrons. The van der Waals surface area contributed by atoms with Crippen LogP contribution in [-0.2, 0) is 16.6 Å². The Labute approximate surface area is 129 Å². The molecule has 0 aliphatic rings. The molecule has 0 unspecified atom stereocenters. The smallest absolute Gasteiger partial charge is 0.271 e. The molecule has 4 nitrogen and oxygen atoms in total. The summed E-state index contributed by atoms with van der Waals surface area (Å²) < 4.78 is 28.1. The molecule has 1 heterocycles. The molecule has 1 aromatic carbocycles. The molecule has 0 fully saturated rings. The number of aliphatic hydroxyl groups is 1. The first kappa shape index (κ1) is 14.8. The van der Waals surface area contributed by atoms with Crippen LogP contribution >= 0.6 is 33.9 Å². The van der Waals surface area contributed by atoms with Crippen LogP contribution in [0.3, 0.4) is 0 Å². The van der Waals surface area contributed by atoms with Crippen molar-refractivity contribution >= 4 is 49.6 Å². The van der Waals surface area contributed by atoms with E-state index in [9.17, 15) is 8.42 Å². The number of hydrogen-bond donors (Lipinski definition) is 2. The molecule has 0 amide bonds. The van der Waals surface area contributed by atoms with Crippen molar-refractivity contribution in [3.63, 3.8) is 0 Å². The minimum Gasteiger partial charge on any atom is -0.391 e. The Kier molecular flexibility index (Phi) is 4.49. The van der Waals surface area contributed by atoms with Gasteiger partial charge < -0.3 is 5.11 Å². The minimum absolute atomic E-state index is 0.143. The van der Waals surface area contributed by atoms with Crippen LogP contribution in [0, 0.1) is 10.5 Å². The molecule has 0 spiro atoms. The van der Waals surface area contributed by atoms with Crippen molar-refractivity contribution in [3.05, 3.63) is 44.3 Å². The molecule has 0 bridgehead atoms. The van der Waals surface area contributed by atoms with Gasteiger partial charge >= 0.3 is 0 Å². The highest BCUT2D eigenvalue weighted by atomic mass is 127. The van der Waals surface area contributed by atoms with Crippen LogP contribution < -0.4 is 4.72 Å². The van der Waals surface area contributed by atoms with Gasteiger partial charge in [0, 0.05) is 14.1 Å². The lowest BCUT2D eigenvalue weighted by molar-refractivity contribution is 0.285. The highest BCUT2D eigenvalue weighted by Gasteiger charge is 2.18. The van der Waals surface area contributed by atoms with Crippen LogP contribution in [0.25, 0.3) is 0 Å². The van der Waals surface area contributed by atoms with E-state index < -0.39 is 10.0 Å². The predicted octanol–water partition coefficient (Wildman–Crippen LogP) is 2.95. The summed E-state index contributed by atoms with van der Waals surface area (Å²) in [6.07, 6.45) is 0. The molecule has 0 aliphatic carbocycles. The van der Waals surface area contributed by atoms with Gasteiger partial charge in [0.2, 0.25) is 0 Å². The zero-order valence-electron chi connectivity index (χ0n) is 10.1. The maximum absolute atomic E-state index is 12.2. The summed E-state index contributed by atoms with van der Waals surface area (Å²) in [4.78, 5) is 0.669. The minimum atomic E-state index is -3.58. The van der Waals surface area contributed by atoms with E-state index in [4.69, 9.17) is 5.11 Å². The summed E-state index contributed by atoms with van der Waals surface area (Å²) in [6, 6.07) is 8.67.